The van der Waals surface area contributed by atoms with Gasteiger partial charge in [0.1, 0.15) is 5.65 Å². The molecule has 1 N–H and O–H groups in total. The van der Waals surface area contributed by atoms with Crippen molar-refractivity contribution >= 4 is 28.3 Å². The van der Waals surface area contributed by atoms with Crippen LogP contribution in [0.3, 0.4) is 0 Å². The maximum absolute atomic E-state index is 5.77. The SMILES string of the molecule is C=CCNc1cnc2c(c1)c(C#Cc1ncc(Cl)cn1)cn2C. The molecule has 114 valence electrons. The van der Waals surface area contributed by atoms with Gasteiger partial charge in [0.05, 0.1) is 34.9 Å². The second kappa shape index (κ2) is 6.51. The van der Waals surface area contributed by atoms with Crippen molar-refractivity contribution in [3.8, 4) is 11.8 Å². The lowest BCUT2D eigenvalue weighted by Gasteiger charge is -2.03. The van der Waals surface area contributed by atoms with Crippen molar-refractivity contribution in [2.45, 2.75) is 0 Å². The Bertz CT molecular complexity index is 916. The molecule has 0 atom stereocenters. The summed E-state index contributed by atoms with van der Waals surface area (Å²) in [6, 6.07) is 2.03. The largest absolute Gasteiger partial charge is 0.380 e. The Kier molecular flexibility index (Phi) is 4.26. The summed E-state index contributed by atoms with van der Waals surface area (Å²) < 4.78 is 1.94. The molecule has 5 nitrogen and oxygen atoms in total. The number of aromatic nitrogens is 4. The fraction of sp³-hybridized carbons (Fsp3) is 0.118. The first-order valence-corrected chi connectivity index (χ1v) is 7.34. The number of rotatable bonds is 3. The Morgan fingerprint density at radius 1 is 1.26 bits per heavy atom. The van der Waals surface area contributed by atoms with E-state index < -0.39 is 0 Å². The van der Waals surface area contributed by atoms with Gasteiger partial charge in [-0.05, 0) is 12.0 Å². The van der Waals surface area contributed by atoms with Crippen LogP contribution in [0.1, 0.15) is 11.4 Å². The minimum Gasteiger partial charge on any atom is -0.380 e. The summed E-state index contributed by atoms with van der Waals surface area (Å²) in [5, 5.41) is 4.69. The van der Waals surface area contributed by atoms with Crippen LogP contribution in [-0.4, -0.2) is 26.1 Å². The molecule has 0 saturated carbocycles. The zero-order valence-corrected chi connectivity index (χ0v) is 13.3. The number of fused-ring (bicyclic) bond motifs is 1. The standard InChI is InChI=1S/C17H14ClN5/c1-3-6-19-14-7-15-12(11-23(2)17(15)22-10-14)4-5-16-20-8-13(18)9-21-16/h3,7-11,19H,1,6H2,2H3. The van der Waals surface area contributed by atoms with Crippen molar-refractivity contribution in [2.24, 2.45) is 7.05 Å². The highest BCUT2D eigenvalue weighted by atomic mass is 35.5. The first-order valence-electron chi connectivity index (χ1n) is 6.97. The van der Waals surface area contributed by atoms with Crippen LogP contribution in [-0.2, 0) is 7.05 Å². The Balaban J connectivity index is 2.00. The molecule has 0 aliphatic carbocycles. The molecule has 0 fully saturated rings. The first kappa shape index (κ1) is 15.1. The molecule has 0 aromatic carbocycles. The predicted octanol–water partition coefficient (Wildman–Crippen LogP) is 3.01. The molecule has 23 heavy (non-hydrogen) atoms. The molecule has 0 bridgehead atoms. The number of nitrogens with zero attached hydrogens (tertiary/aromatic N) is 4. The molecule has 0 spiro atoms. The van der Waals surface area contributed by atoms with E-state index >= 15 is 0 Å². The minimum absolute atomic E-state index is 0.431. The molecule has 0 unspecified atom stereocenters. The number of nitrogens with one attached hydrogen (secondary N) is 1. The van der Waals surface area contributed by atoms with Crippen molar-refractivity contribution in [2.75, 3.05) is 11.9 Å². The van der Waals surface area contributed by atoms with Crippen LogP contribution in [0.15, 0.2) is 43.5 Å². The number of aryl methyl sites for hydroxylation is 1. The van der Waals surface area contributed by atoms with Crippen molar-refractivity contribution < 1.29 is 0 Å². The van der Waals surface area contributed by atoms with Gasteiger partial charge in [-0.2, -0.15) is 0 Å². The molecule has 0 aliphatic rings. The van der Waals surface area contributed by atoms with Gasteiger partial charge in [0.2, 0.25) is 5.82 Å². The molecule has 3 heterocycles. The predicted molar refractivity (Wildman–Crippen MR) is 92.4 cm³/mol. The molecule has 0 aliphatic heterocycles. The van der Waals surface area contributed by atoms with Crippen LogP contribution in [0.25, 0.3) is 11.0 Å². The van der Waals surface area contributed by atoms with Gasteiger partial charge in [0, 0.05) is 25.2 Å². The summed E-state index contributed by atoms with van der Waals surface area (Å²) in [7, 11) is 1.94. The monoisotopic (exact) mass is 323 g/mol. The average molecular weight is 324 g/mol. The maximum atomic E-state index is 5.77. The second-order valence-electron chi connectivity index (χ2n) is 4.89. The number of pyridine rings is 1. The summed E-state index contributed by atoms with van der Waals surface area (Å²) in [4.78, 5) is 12.6. The third-order valence-corrected chi connectivity index (χ3v) is 3.39. The van der Waals surface area contributed by atoms with Crippen LogP contribution in [0.2, 0.25) is 5.02 Å². The summed E-state index contributed by atoms with van der Waals surface area (Å²) in [6.45, 7) is 4.38. The Morgan fingerprint density at radius 3 is 2.78 bits per heavy atom. The van der Waals surface area contributed by atoms with Crippen molar-refractivity contribution in [3.05, 3.63) is 59.9 Å². The molecule has 0 radical (unpaired) electrons. The molecule has 0 saturated heterocycles. The van der Waals surface area contributed by atoms with Crippen LogP contribution < -0.4 is 5.32 Å². The molecular weight excluding hydrogens is 310 g/mol. The third-order valence-electron chi connectivity index (χ3n) is 3.19. The van der Waals surface area contributed by atoms with E-state index in [0.29, 0.717) is 17.4 Å². The van der Waals surface area contributed by atoms with Gasteiger partial charge < -0.3 is 9.88 Å². The van der Waals surface area contributed by atoms with E-state index in [4.69, 9.17) is 11.6 Å². The number of hydrogen-bond donors (Lipinski definition) is 1. The van der Waals surface area contributed by atoms with Gasteiger partial charge in [0.15, 0.2) is 0 Å². The lowest BCUT2D eigenvalue weighted by molar-refractivity contribution is 0.947. The molecule has 3 aromatic heterocycles. The number of anilines is 1. The average Bonchev–Trinajstić information content (AvgIpc) is 2.88. The lowest BCUT2D eigenvalue weighted by atomic mass is 10.2. The van der Waals surface area contributed by atoms with E-state index in [1.165, 1.54) is 12.4 Å². The van der Waals surface area contributed by atoms with Gasteiger partial charge >= 0.3 is 0 Å². The highest BCUT2D eigenvalue weighted by Gasteiger charge is 2.07. The lowest BCUT2D eigenvalue weighted by Crippen LogP contribution is -1.98. The van der Waals surface area contributed by atoms with Crippen LogP contribution in [0.5, 0.6) is 0 Å². The quantitative estimate of drug-likeness (QED) is 0.594. The van der Waals surface area contributed by atoms with Crippen LogP contribution in [0.4, 0.5) is 5.69 Å². The Hall–Kier alpha value is -2.84. The van der Waals surface area contributed by atoms with E-state index in [-0.39, 0.29) is 0 Å². The first-order chi connectivity index (χ1) is 11.2. The van der Waals surface area contributed by atoms with Crippen LogP contribution >= 0.6 is 11.6 Å². The molecule has 6 heteroatoms. The van der Waals surface area contributed by atoms with E-state index in [2.05, 4.69) is 38.7 Å². The normalized spacial score (nSPS) is 10.2. The van der Waals surface area contributed by atoms with E-state index in [1.807, 2.05) is 23.9 Å². The summed E-state index contributed by atoms with van der Waals surface area (Å²) in [5.74, 6) is 6.48. The van der Waals surface area contributed by atoms with E-state index in [1.54, 1.807) is 12.3 Å². The van der Waals surface area contributed by atoms with Crippen molar-refractivity contribution in [1.82, 2.24) is 19.5 Å². The van der Waals surface area contributed by atoms with E-state index in [0.717, 1.165) is 22.3 Å². The zero-order valence-electron chi connectivity index (χ0n) is 12.5. The maximum Gasteiger partial charge on any atom is 0.205 e. The van der Waals surface area contributed by atoms with Gasteiger partial charge in [-0.15, -0.1) is 6.58 Å². The summed E-state index contributed by atoms with van der Waals surface area (Å²) >= 11 is 5.77. The van der Waals surface area contributed by atoms with Crippen molar-refractivity contribution in [3.63, 3.8) is 0 Å². The van der Waals surface area contributed by atoms with Gasteiger partial charge in [-0.1, -0.05) is 23.6 Å². The third kappa shape index (κ3) is 3.33. The number of hydrogen-bond acceptors (Lipinski definition) is 4. The number of halogens is 1. The molecule has 3 rings (SSSR count). The van der Waals surface area contributed by atoms with Gasteiger partial charge in [0.25, 0.3) is 0 Å². The molecular formula is C17H14ClN5. The van der Waals surface area contributed by atoms with Gasteiger partial charge in [-0.3, -0.25) is 0 Å². The second-order valence-corrected chi connectivity index (χ2v) is 5.33. The topological polar surface area (TPSA) is 55.6 Å². The smallest absolute Gasteiger partial charge is 0.205 e. The molecule has 3 aromatic rings. The van der Waals surface area contributed by atoms with Gasteiger partial charge in [-0.25, -0.2) is 15.0 Å². The Labute approximate surface area is 139 Å². The molecule has 0 amide bonds. The highest BCUT2D eigenvalue weighted by Crippen LogP contribution is 2.21. The summed E-state index contributed by atoms with van der Waals surface area (Å²) in [6.07, 6.45) is 8.60. The van der Waals surface area contributed by atoms with Crippen LogP contribution in [0, 0.1) is 11.8 Å². The Morgan fingerprint density at radius 2 is 2.04 bits per heavy atom. The fourth-order valence-corrected chi connectivity index (χ4v) is 2.25. The summed E-state index contributed by atoms with van der Waals surface area (Å²) in [5.41, 5.74) is 2.67. The van der Waals surface area contributed by atoms with Crippen molar-refractivity contribution in [1.29, 1.82) is 0 Å². The highest BCUT2D eigenvalue weighted by molar-refractivity contribution is 6.30. The zero-order chi connectivity index (χ0) is 16.2. The fourth-order valence-electron chi connectivity index (χ4n) is 2.15. The van der Waals surface area contributed by atoms with E-state index in [9.17, 15) is 0 Å². The minimum atomic E-state index is 0.431.